The van der Waals surface area contributed by atoms with Crippen LogP contribution in [0.5, 0.6) is 11.5 Å². The SMILES string of the molecule is Oc1cc(-c2ccccc2)c2cc(Cl)ccc2c1-c1c(O)cc(-c2ccccc2)c2cc(Cl)ccc12. The Balaban J connectivity index is 1.72. The van der Waals surface area contributed by atoms with E-state index in [1.54, 1.807) is 24.3 Å². The zero-order valence-corrected chi connectivity index (χ0v) is 20.6. The van der Waals surface area contributed by atoms with Gasteiger partial charge in [0.25, 0.3) is 0 Å². The van der Waals surface area contributed by atoms with Crippen LogP contribution in [0.25, 0.3) is 54.9 Å². The maximum absolute atomic E-state index is 11.4. The van der Waals surface area contributed by atoms with Crippen LogP contribution < -0.4 is 0 Å². The van der Waals surface area contributed by atoms with E-state index in [1.807, 2.05) is 84.9 Å². The Hall–Kier alpha value is -3.98. The molecule has 0 aliphatic rings. The Bertz CT molecular complexity index is 1630. The van der Waals surface area contributed by atoms with Gasteiger partial charge in [0.2, 0.25) is 0 Å². The van der Waals surface area contributed by atoms with Gasteiger partial charge in [-0.1, -0.05) is 96.0 Å². The second-order valence-corrected chi connectivity index (χ2v) is 9.62. The lowest BCUT2D eigenvalue weighted by Gasteiger charge is -2.19. The molecular formula is C32H20Cl2O2. The lowest BCUT2D eigenvalue weighted by Crippen LogP contribution is -1.92. The maximum atomic E-state index is 11.4. The lowest BCUT2D eigenvalue weighted by atomic mass is 9.86. The molecule has 174 valence electrons. The number of benzene rings is 6. The van der Waals surface area contributed by atoms with Crippen LogP contribution in [-0.4, -0.2) is 10.2 Å². The van der Waals surface area contributed by atoms with Crippen LogP contribution in [0.4, 0.5) is 0 Å². The van der Waals surface area contributed by atoms with Gasteiger partial charge in [0, 0.05) is 21.2 Å². The average molecular weight is 507 g/mol. The van der Waals surface area contributed by atoms with E-state index >= 15 is 0 Å². The van der Waals surface area contributed by atoms with Gasteiger partial charge in [-0.05, 0) is 80.2 Å². The number of aromatic hydroxyl groups is 2. The summed E-state index contributed by atoms with van der Waals surface area (Å²) in [5.41, 5.74) is 4.75. The Morgan fingerprint density at radius 2 is 0.806 bits per heavy atom. The number of phenols is 2. The van der Waals surface area contributed by atoms with Crippen molar-refractivity contribution < 1.29 is 10.2 Å². The van der Waals surface area contributed by atoms with E-state index in [0.717, 1.165) is 43.8 Å². The molecule has 0 fully saturated rings. The van der Waals surface area contributed by atoms with E-state index in [1.165, 1.54) is 0 Å². The van der Waals surface area contributed by atoms with Gasteiger partial charge in [-0.15, -0.1) is 0 Å². The van der Waals surface area contributed by atoms with Crippen molar-refractivity contribution in [2.24, 2.45) is 0 Å². The number of phenolic OH excluding ortho intramolecular Hbond substituents is 2. The quantitative estimate of drug-likeness (QED) is 0.250. The van der Waals surface area contributed by atoms with Crippen molar-refractivity contribution in [1.82, 2.24) is 0 Å². The summed E-state index contributed by atoms with van der Waals surface area (Å²) >= 11 is 12.8. The van der Waals surface area contributed by atoms with Crippen molar-refractivity contribution in [3.05, 3.63) is 119 Å². The molecule has 0 unspecified atom stereocenters. The number of hydrogen-bond donors (Lipinski definition) is 2. The Morgan fingerprint density at radius 3 is 1.19 bits per heavy atom. The summed E-state index contributed by atoms with van der Waals surface area (Å²) in [6, 6.07) is 34.4. The average Bonchev–Trinajstić information content (AvgIpc) is 2.90. The largest absolute Gasteiger partial charge is 0.507 e. The second-order valence-electron chi connectivity index (χ2n) is 8.75. The summed E-state index contributed by atoms with van der Waals surface area (Å²) < 4.78 is 0. The number of rotatable bonds is 3. The summed E-state index contributed by atoms with van der Waals surface area (Å²) in [6.07, 6.45) is 0. The highest BCUT2D eigenvalue weighted by Gasteiger charge is 2.22. The Labute approximate surface area is 218 Å². The molecule has 0 atom stereocenters. The minimum absolute atomic E-state index is 0.0719. The fraction of sp³-hybridized carbons (Fsp3) is 0. The van der Waals surface area contributed by atoms with Crippen molar-refractivity contribution >= 4 is 44.7 Å². The molecule has 6 aromatic carbocycles. The normalized spacial score (nSPS) is 11.3. The maximum Gasteiger partial charge on any atom is 0.124 e. The molecule has 0 saturated carbocycles. The Kier molecular flexibility index (Phi) is 5.56. The van der Waals surface area contributed by atoms with Gasteiger partial charge in [0.1, 0.15) is 11.5 Å². The highest BCUT2D eigenvalue weighted by Crippen LogP contribution is 2.50. The van der Waals surface area contributed by atoms with E-state index in [9.17, 15) is 10.2 Å². The van der Waals surface area contributed by atoms with Gasteiger partial charge in [-0.25, -0.2) is 0 Å². The summed E-state index contributed by atoms with van der Waals surface area (Å²) in [5, 5.41) is 27.4. The molecule has 36 heavy (non-hydrogen) atoms. The van der Waals surface area contributed by atoms with Crippen LogP contribution in [0.2, 0.25) is 10.0 Å². The van der Waals surface area contributed by atoms with Gasteiger partial charge >= 0.3 is 0 Å². The van der Waals surface area contributed by atoms with E-state index in [4.69, 9.17) is 23.2 Å². The molecule has 0 aliphatic heterocycles. The van der Waals surface area contributed by atoms with Gasteiger partial charge < -0.3 is 10.2 Å². The molecule has 0 radical (unpaired) electrons. The van der Waals surface area contributed by atoms with E-state index in [0.29, 0.717) is 21.2 Å². The van der Waals surface area contributed by atoms with Crippen LogP contribution in [0.3, 0.4) is 0 Å². The van der Waals surface area contributed by atoms with Crippen molar-refractivity contribution in [3.63, 3.8) is 0 Å². The van der Waals surface area contributed by atoms with Crippen molar-refractivity contribution in [3.8, 4) is 44.9 Å². The van der Waals surface area contributed by atoms with Crippen molar-refractivity contribution in [2.75, 3.05) is 0 Å². The zero-order valence-electron chi connectivity index (χ0n) is 19.0. The molecular weight excluding hydrogens is 487 g/mol. The van der Waals surface area contributed by atoms with Gasteiger partial charge in [-0.2, -0.15) is 0 Å². The molecule has 2 nitrogen and oxygen atoms in total. The molecule has 0 bridgehead atoms. The molecule has 0 aliphatic carbocycles. The van der Waals surface area contributed by atoms with E-state index in [-0.39, 0.29) is 11.5 Å². The summed E-state index contributed by atoms with van der Waals surface area (Å²) in [7, 11) is 0. The third-order valence-electron chi connectivity index (χ3n) is 6.58. The third kappa shape index (κ3) is 3.76. The molecule has 4 heteroatoms. The first kappa shape index (κ1) is 22.5. The van der Waals surface area contributed by atoms with E-state index < -0.39 is 0 Å². The van der Waals surface area contributed by atoms with Crippen LogP contribution in [-0.2, 0) is 0 Å². The van der Waals surface area contributed by atoms with Crippen LogP contribution in [0, 0.1) is 0 Å². The van der Waals surface area contributed by atoms with Crippen molar-refractivity contribution in [1.29, 1.82) is 0 Å². The molecule has 0 saturated heterocycles. The molecule has 0 aromatic heterocycles. The molecule has 0 amide bonds. The molecule has 0 spiro atoms. The zero-order chi connectivity index (χ0) is 24.8. The number of fused-ring (bicyclic) bond motifs is 2. The lowest BCUT2D eigenvalue weighted by molar-refractivity contribution is 0.470. The van der Waals surface area contributed by atoms with Crippen LogP contribution in [0.1, 0.15) is 0 Å². The molecule has 6 rings (SSSR count). The second kappa shape index (κ2) is 8.91. The molecule has 2 N–H and O–H groups in total. The molecule has 0 heterocycles. The van der Waals surface area contributed by atoms with Crippen molar-refractivity contribution in [2.45, 2.75) is 0 Å². The topological polar surface area (TPSA) is 40.5 Å². The smallest absolute Gasteiger partial charge is 0.124 e. The summed E-state index contributed by atoms with van der Waals surface area (Å²) in [6.45, 7) is 0. The minimum Gasteiger partial charge on any atom is -0.507 e. The Morgan fingerprint density at radius 1 is 0.417 bits per heavy atom. The highest BCUT2D eigenvalue weighted by molar-refractivity contribution is 6.32. The minimum atomic E-state index is 0.0719. The fourth-order valence-corrected chi connectivity index (χ4v) is 5.35. The number of hydrogen-bond acceptors (Lipinski definition) is 2. The van der Waals surface area contributed by atoms with Gasteiger partial charge in [0.05, 0.1) is 0 Å². The van der Waals surface area contributed by atoms with E-state index in [2.05, 4.69) is 0 Å². The summed E-state index contributed by atoms with van der Waals surface area (Å²) in [5.74, 6) is 0.144. The predicted octanol–water partition coefficient (Wildman–Crippen LogP) is 9.71. The first-order valence-corrected chi connectivity index (χ1v) is 12.3. The van der Waals surface area contributed by atoms with Gasteiger partial charge in [-0.3, -0.25) is 0 Å². The fourth-order valence-electron chi connectivity index (χ4n) is 5.00. The predicted molar refractivity (Wildman–Crippen MR) is 151 cm³/mol. The first-order valence-electron chi connectivity index (χ1n) is 11.5. The highest BCUT2D eigenvalue weighted by atomic mass is 35.5. The summed E-state index contributed by atoms with van der Waals surface area (Å²) in [4.78, 5) is 0. The third-order valence-corrected chi connectivity index (χ3v) is 7.05. The first-order chi connectivity index (χ1) is 17.5. The van der Waals surface area contributed by atoms with Crippen LogP contribution >= 0.6 is 23.2 Å². The number of halogens is 2. The molecule has 6 aromatic rings. The van der Waals surface area contributed by atoms with Gasteiger partial charge in [0.15, 0.2) is 0 Å². The van der Waals surface area contributed by atoms with Crippen LogP contribution in [0.15, 0.2) is 109 Å². The monoisotopic (exact) mass is 506 g/mol. The standard InChI is InChI=1S/C32H20Cl2O2/c33-21-11-13-23-27(15-21)25(19-7-3-1-4-8-19)17-29(35)31(23)32-24-14-12-22(34)16-28(24)26(18-30(32)36)20-9-5-2-6-10-20/h1-18,35-36H.